The monoisotopic (exact) mass is 477 g/mol. The number of carbonyl (C=O) groups is 3. The minimum absolute atomic E-state index is 0.00521. The van der Waals surface area contributed by atoms with Gasteiger partial charge in [-0.25, -0.2) is 4.79 Å². The molecule has 3 amide bonds. The van der Waals surface area contributed by atoms with Crippen LogP contribution >= 0.6 is 0 Å². The van der Waals surface area contributed by atoms with E-state index in [1.807, 2.05) is 34.6 Å². The second kappa shape index (κ2) is 13.2. The smallest absolute Gasteiger partial charge is 0.408 e. The number of phenolic OH excluding ortho intramolecular Hbond substituents is 1. The highest BCUT2D eigenvalue weighted by molar-refractivity contribution is 5.92. The summed E-state index contributed by atoms with van der Waals surface area (Å²) < 4.78 is 5.38. The molecule has 2 unspecified atom stereocenters. The first-order valence-corrected chi connectivity index (χ1v) is 12.1. The van der Waals surface area contributed by atoms with Crippen LogP contribution < -0.4 is 10.6 Å². The molecule has 0 aromatic heterocycles. The lowest BCUT2D eigenvalue weighted by Crippen LogP contribution is -2.55. The average Bonchev–Trinajstić information content (AvgIpc) is 2.69. The molecular formula is C26H43N3O5. The van der Waals surface area contributed by atoms with Crippen LogP contribution in [0.1, 0.15) is 86.3 Å². The van der Waals surface area contributed by atoms with Gasteiger partial charge < -0.3 is 25.4 Å². The maximum atomic E-state index is 13.9. The van der Waals surface area contributed by atoms with Crippen LogP contribution in [0.2, 0.25) is 0 Å². The van der Waals surface area contributed by atoms with Crippen LogP contribution in [-0.2, 0) is 14.3 Å². The molecule has 34 heavy (non-hydrogen) atoms. The molecule has 0 fully saturated rings. The van der Waals surface area contributed by atoms with Crippen LogP contribution in [0.15, 0.2) is 24.3 Å². The molecule has 8 nitrogen and oxygen atoms in total. The Morgan fingerprint density at radius 1 is 1.12 bits per heavy atom. The van der Waals surface area contributed by atoms with E-state index < -0.39 is 23.8 Å². The van der Waals surface area contributed by atoms with Crippen LogP contribution in [-0.4, -0.2) is 52.1 Å². The number of nitrogens with zero attached hydrogens (tertiary/aromatic N) is 1. The lowest BCUT2D eigenvalue weighted by Gasteiger charge is -2.37. The number of ether oxygens (including phenoxy) is 1. The Kier molecular flexibility index (Phi) is 11.4. The zero-order valence-electron chi connectivity index (χ0n) is 22.0. The third kappa shape index (κ3) is 9.61. The molecule has 0 saturated heterocycles. The zero-order chi connectivity index (χ0) is 26.1. The molecule has 192 valence electrons. The summed E-state index contributed by atoms with van der Waals surface area (Å²) in [5, 5.41) is 15.7. The van der Waals surface area contributed by atoms with E-state index in [1.54, 1.807) is 32.9 Å². The van der Waals surface area contributed by atoms with Gasteiger partial charge in [0.25, 0.3) is 0 Å². The summed E-state index contributed by atoms with van der Waals surface area (Å²) in [6.45, 7) is 15.3. The fourth-order valence-corrected chi connectivity index (χ4v) is 3.62. The largest absolute Gasteiger partial charge is 0.508 e. The van der Waals surface area contributed by atoms with Crippen molar-refractivity contribution >= 4 is 17.9 Å². The number of amides is 3. The standard InChI is InChI=1S/C26H43N3O5/c1-9-10-14-27-23(31)22(19-12-11-13-20(30)16-19)29(18(4)5)24(32)21(15-17(2)3)28-25(33)34-26(6,7)8/h11-13,16-18,21-22,30H,9-10,14-15H2,1-8H3,(H,27,31)(H,28,33). The number of rotatable bonds is 11. The predicted octanol–water partition coefficient (Wildman–Crippen LogP) is 4.53. The van der Waals surface area contributed by atoms with Crippen molar-refractivity contribution in [2.45, 2.75) is 98.4 Å². The quantitative estimate of drug-likeness (QED) is 0.406. The summed E-state index contributed by atoms with van der Waals surface area (Å²) in [5.41, 5.74) is -0.215. The summed E-state index contributed by atoms with van der Waals surface area (Å²) in [6, 6.07) is 4.17. The number of alkyl carbamates (subject to hydrolysis) is 1. The van der Waals surface area contributed by atoms with Crippen molar-refractivity contribution in [1.82, 2.24) is 15.5 Å². The molecular weight excluding hydrogens is 434 g/mol. The number of benzene rings is 1. The van der Waals surface area contributed by atoms with Crippen LogP contribution in [0.4, 0.5) is 4.79 Å². The number of aromatic hydroxyl groups is 1. The zero-order valence-corrected chi connectivity index (χ0v) is 22.0. The van der Waals surface area contributed by atoms with Gasteiger partial charge >= 0.3 is 6.09 Å². The number of phenols is 1. The SMILES string of the molecule is CCCCNC(=O)C(c1cccc(O)c1)N(C(=O)C(CC(C)C)NC(=O)OC(C)(C)C)C(C)C. The molecule has 0 radical (unpaired) electrons. The van der Waals surface area contributed by atoms with E-state index in [1.165, 1.54) is 17.0 Å². The Balaban J connectivity index is 3.40. The van der Waals surface area contributed by atoms with Gasteiger partial charge in [0.15, 0.2) is 0 Å². The summed E-state index contributed by atoms with van der Waals surface area (Å²) in [6.07, 6.45) is 1.42. The van der Waals surface area contributed by atoms with Crippen molar-refractivity contribution in [3.05, 3.63) is 29.8 Å². The molecule has 0 aliphatic heterocycles. The topological polar surface area (TPSA) is 108 Å². The Morgan fingerprint density at radius 3 is 2.26 bits per heavy atom. The molecule has 0 spiro atoms. The third-order valence-corrected chi connectivity index (χ3v) is 5.05. The minimum Gasteiger partial charge on any atom is -0.508 e. The highest BCUT2D eigenvalue weighted by Gasteiger charge is 2.38. The lowest BCUT2D eigenvalue weighted by atomic mass is 9.97. The first kappa shape index (κ1) is 29.3. The molecule has 3 N–H and O–H groups in total. The van der Waals surface area contributed by atoms with E-state index in [-0.39, 0.29) is 29.5 Å². The highest BCUT2D eigenvalue weighted by atomic mass is 16.6. The third-order valence-electron chi connectivity index (χ3n) is 5.05. The average molecular weight is 478 g/mol. The maximum absolute atomic E-state index is 13.9. The van der Waals surface area contributed by atoms with Gasteiger partial charge in [0.05, 0.1) is 0 Å². The maximum Gasteiger partial charge on any atom is 0.408 e. The van der Waals surface area contributed by atoms with E-state index in [2.05, 4.69) is 10.6 Å². The summed E-state index contributed by atoms with van der Waals surface area (Å²) in [7, 11) is 0. The Morgan fingerprint density at radius 2 is 1.76 bits per heavy atom. The van der Waals surface area contributed by atoms with Gasteiger partial charge in [-0.2, -0.15) is 0 Å². The van der Waals surface area contributed by atoms with Gasteiger partial charge in [0, 0.05) is 12.6 Å². The van der Waals surface area contributed by atoms with Gasteiger partial charge in [-0.05, 0) is 71.1 Å². The fourth-order valence-electron chi connectivity index (χ4n) is 3.62. The molecule has 1 aromatic carbocycles. The van der Waals surface area contributed by atoms with Crippen LogP contribution in [0.25, 0.3) is 0 Å². The van der Waals surface area contributed by atoms with Gasteiger partial charge in [0.1, 0.15) is 23.4 Å². The second-order valence-corrected chi connectivity index (χ2v) is 10.3. The van der Waals surface area contributed by atoms with Crippen molar-refractivity contribution in [1.29, 1.82) is 0 Å². The molecule has 0 saturated carbocycles. The Bertz CT molecular complexity index is 817. The normalized spacial score (nSPS) is 13.4. The van der Waals surface area contributed by atoms with Crippen LogP contribution in [0, 0.1) is 5.92 Å². The second-order valence-electron chi connectivity index (χ2n) is 10.3. The first-order chi connectivity index (χ1) is 15.8. The number of hydrogen-bond acceptors (Lipinski definition) is 5. The van der Waals surface area contributed by atoms with Gasteiger partial charge in [-0.15, -0.1) is 0 Å². The van der Waals surface area contributed by atoms with Crippen molar-refractivity contribution < 1.29 is 24.2 Å². The number of nitrogens with one attached hydrogen (secondary N) is 2. The van der Waals surface area contributed by atoms with E-state index in [0.29, 0.717) is 18.5 Å². The molecule has 0 heterocycles. The van der Waals surface area contributed by atoms with Crippen molar-refractivity contribution in [3.8, 4) is 5.75 Å². The number of unbranched alkanes of at least 4 members (excludes halogenated alkanes) is 1. The first-order valence-electron chi connectivity index (χ1n) is 12.1. The molecule has 1 rings (SSSR count). The Labute approximate surface area is 204 Å². The lowest BCUT2D eigenvalue weighted by molar-refractivity contribution is -0.144. The van der Waals surface area contributed by atoms with Gasteiger partial charge in [-0.1, -0.05) is 39.3 Å². The van der Waals surface area contributed by atoms with E-state index in [9.17, 15) is 19.5 Å². The van der Waals surface area contributed by atoms with E-state index in [0.717, 1.165) is 12.8 Å². The van der Waals surface area contributed by atoms with Gasteiger partial charge in [0.2, 0.25) is 11.8 Å². The van der Waals surface area contributed by atoms with E-state index >= 15 is 0 Å². The molecule has 0 aliphatic rings. The van der Waals surface area contributed by atoms with Crippen molar-refractivity contribution in [3.63, 3.8) is 0 Å². The Hall–Kier alpha value is -2.77. The summed E-state index contributed by atoms with van der Waals surface area (Å²) in [4.78, 5) is 41.2. The predicted molar refractivity (Wildman–Crippen MR) is 133 cm³/mol. The molecule has 1 aromatic rings. The number of carbonyl (C=O) groups excluding carboxylic acids is 3. The summed E-state index contributed by atoms with van der Waals surface area (Å²) >= 11 is 0. The molecule has 0 aliphatic carbocycles. The minimum atomic E-state index is -0.966. The van der Waals surface area contributed by atoms with Crippen molar-refractivity contribution in [2.24, 2.45) is 5.92 Å². The molecule has 2 atom stereocenters. The van der Waals surface area contributed by atoms with Gasteiger partial charge in [-0.3, -0.25) is 9.59 Å². The molecule has 0 bridgehead atoms. The van der Waals surface area contributed by atoms with Crippen LogP contribution in [0.5, 0.6) is 5.75 Å². The highest BCUT2D eigenvalue weighted by Crippen LogP contribution is 2.28. The van der Waals surface area contributed by atoms with Crippen LogP contribution in [0.3, 0.4) is 0 Å². The van der Waals surface area contributed by atoms with E-state index in [4.69, 9.17) is 4.74 Å². The van der Waals surface area contributed by atoms with Crippen molar-refractivity contribution in [2.75, 3.05) is 6.54 Å². The number of hydrogen-bond donors (Lipinski definition) is 3. The summed E-state index contributed by atoms with van der Waals surface area (Å²) in [5.74, 6) is -0.601. The molecule has 8 heteroatoms. The fraction of sp³-hybridized carbons (Fsp3) is 0.654.